The first-order valence-corrected chi connectivity index (χ1v) is 45.1. The molecule has 0 bridgehead atoms. The summed E-state index contributed by atoms with van der Waals surface area (Å²) >= 11 is 0. The van der Waals surface area contributed by atoms with E-state index >= 15 is 0 Å². The molecule has 13 nitrogen and oxygen atoms in total. The number of rotatable bonds is 2. The van der Waals surface area contributed by atoms with Gasteiger partial charge in [-0.15, -0.1) is 0 Å². The maximum atomic E-state index is 12.2. The van der Waals surface area contributed by atoms with E-state index in [0.717, 1.165) is 149 Å². The molecule has 13 heteroatoms. The zero-order valence-corrected chi connectivity index (χ0v) is 65.1. The molecule has 1 N–H and O–H groups in total. The van der Waals surface area contributed by atoms with Gasteiger partial charge in [0, 0.05) is 109 Å². The molecule has 0 aromatic heterocycles. The van der Waals surface area contributed by atoms with Crippen LogP contribution < -0.4 is 0 Å². The molecule has 4 heterocycles. The number of esters is 4. The van der Waals surface area contributed by atoms with Crippen molar-refractivity contribution in [3.8, 4) is 0 Å². The van der Waals surface area contributed by atoms with Crippen LogP contribution >= 0.6 is 0 Å². The number of aliphatic hydroxyl groups is 1. The lowest BCUT2D eigenvalue weighted by Gasteiger charge is -2.59. The monoisotopic (exact) mass is 1470 g/mol. The molecule has 108 heavy (non-hydrogen) atoms. The predicted molar refractivity (Wildman–Crippen MR) is 399 cm³/mol. The van der Waals surface area contributed by atoms with Gasteiger partial charge in [-0.3, -0.25) is 38.4 Å². The first-order chi connectivity index (χ1) is 51.9. The normalized spacial score (nSPS) is 55.5. The summed E-state index contributed by atoms with van der Waals surface area (Å²) in [5, 5.41) is 10.1. The second kappa shape index (κ2) is 22.8. The quantitative estimate of drug-likeness (QED) is 0.203. The van der Waals surface area contributed by atoms with E-state index in [1.54, 1.807) is 5.57 Å². The average molecular weight is 1470 g/mol. The zero-order chi connectivity index (χ0) is 73.4. The van der Waals surface area contributed by atoms with E-state index in [4.69, 9.17) is 18.9 Å². The van der Waals surface area contributed by atoms with E-state index in [0.29, 0.717) is 144 Å². The molecule has 0 aromatic rings. The summed E-state index contributed by atoms with van der Waals surface area (Å²) in [4.78, 5) is 96.8. The first-order valence-electron chi connectivity index (χ1n) is 45.1. The highest BCUT2D eigenvalue weighted by Crippen LogP contribution is 2.85. The van der Waals surface area contributed by atoms with Crippen LogP contribution in [0.2, 0.25) is 0 Å². The summed E-state index contributed by atoms with van der Waals surface area (Å²) in [7, 11) is 0. The Morgan fingerprint density at radius 1 is 0.380 bits per heavy atom. The molecule has 34 atom stereocenters. The van der Waals surface area contributed by atoms with Gasteiger partial charge in [-0.25, -0.2) is 0 Å². The van der Waals surface area contributed by atoms with Crippen molar-refractivity contribution in [2.75, 3.05) is 6.61 Å². The van der Waals surface area contributed by atoms with Crippen LogP contribution in [0.5, 0.6) is 0 Å². The SMILES string of the molecule is C=C1CC2C(CC[C@@]3(C)C2C2CC2[C@@]32CCC(=O)O2)[C@H]2CCC(=O)C=C12.C[C@]12CCC3C(C(C4CC4)CC4=CC(=O)CC[C@@H]43)C1C1CC1[C@@]21CCC(=O)O1.C[C@]12CCC3C(CC(CO)C4=CC(=O)CC[C@@H]43)C1C1CC1[C@@]21CCC(=O)O1.C[C@]12CCC3C(CC4(CC4)C4=CC(=O)CC[C@@H]43)C1C1CC1[C@@]21CCC(=O)O1. The molecule has 22 aliphatic carbocycles. The fourth-order valence-corrected chi connectivity index (χ4v) is 36.5. The highest BCUT2D eigenvalue weighted by molar-refractivity contribution is 5.93. The summed E-state index contributed by atoms with van der Waals surface area (Å²) < 4.78 is 24.8. The van der Waals surface area contributed by atoms with Gasteiger partial charge in [-0.1, -0.05) is 56.6 Å². The summed E-state index contributed by atoms with van der Waals surface area (Å²) in [6.45, 7) is 14.4. The molecule has 4 aliphatic heterocycles. The molecule has 22 fully saturated rings. The summed E-state index contributed by atoms with van der Waals surface area (Å²) in [6.07, 6.45) is 46.2. The summed E-state index contributed by atoms with van der Waals surface area (Å²) in [5.41, 5.74) is 7.27. The summed E-state index contributed by atoms with van der Waals surface area (Å²) in [6, 6.07) is 0. The number of carbonyl (C=O) groups excluding carboxylic acids is 8. The molecular weight excluding hydrogens is 1350 g/mol. The van der Waals surface area contributed by atoms with Crippen molar-refractivity contribution in [1.29, 1.82) is 0 Å². The number of ether oxygens (including phenoxy) is 4. The van der Waals surface area contributed by atoms with Crippen LogP contribution in [0.1, 0.15) is 259 Å². The number of allylic oxidation sites excluding steroid dienone is 4. The van der Waals surface area contributed by atoms with Gasteiger partial charge < -0.3 is 24.1 Å². The van der Waals surface area contributed by atoms with Gasteiger partial charge in [-0.2, -0.15) is 0 Å². The lowest BCUT2D eigenvalue weighted by molar-refractivity contribution is -0.177. The first kappa shape index (κ1) is 68.8. The van der Waals surface area contributed by atoms with Crippen molar-refractivity contribution in [2.24, 2.45) is 187 Å². The Hall–Kier alpha value is -4.78. The van der Waals surface area contributed by atoms with Crippen LogP contribution in [0.15, 0.2) is 58.7 Å². The van der Waals surface area contributed by atoms with E-state index in [9.17, 15) is 43.5 Å². The molecule has 18 saturated carbocycles. The molecule has 26 aliphatic rings. The average Bonchev–Trinajstić information content (AvgIpc) is 1.51. The lowest BCUT2D eigenvalue weighted by Crippen LogP contribution is -2.57. The van der Waals surface area contributed by atoms with E-state index < -0.39 is 0 Å². The van der Waals surface area contributed by atoms with Gasteiger partial charge >= 0.3 is 23.9 Å². The van der Waals surface area contributed by atoms with Crippen LogP contribution in [0.4, 0.5) is 0 Å². The van der Waals surface area contributed by atoms with Crippen LogP contribution in [-0.4, -0.2) is 81.1 Å². The number of fused-ring (bicyclic) bond motifs is 37. The third kappa shape index (κ3) is 8.99. The van der Waals surface area contributed by atoms with Crippen molar-refractivity contribution in [1.82, 2.24) is 0 Å². The fraction of sp³-hybridized carbons (Fsp3) is 0.811. The van der Waals surface area contributed by atoms with Crippen LogP contribution in [-0.2, 0) is 57.3 Å². The molecular formula is C95H120O13. The Labute approximate surface area is 639 Å². The van der Waals surface area contributed by atoms with Crippen molar-refractivity contribution in [2.45, 2.75) is 281 Å². The third-order valence-corrected chi connectivity index (χ3v) is 40.6. The van der Waals surface area contributed by atoms with Gasteiger partial charge in [0.05, 0.1) is 0 Å². The Morgan fingerprint density at radius 3 is 1.31 bits per heavy atom. The second-order valence-electron chi connectivity index (χ2n) is 43.8. The van der Waals surface area contributed by atoms with Gasteiger partial charge in [0.25, 0.3) is 0 Å². The Kier molecular flexibility index (Phi) is 14.5. The largest absolute Gasteiger partial charge is 0.458 e. The fourth-order valence-electron chi connectivity index (χ4n) is 36.5. The van der Waals surface area contributed by atoms with Crippen molar-refractivity contribution >= 4 is 47.0 Å². The molecule has 0 aromatic carbocycles. The molecule has 578 valence electrons. The van der Waals surface area contributed by atoms with Crippen molar-refractivity contribution < 1.29 is 62.4 Å². The van der Waals surface area contributed by atoms with E-state index in [1.165, 1.54) is 131 Å². The molecule has 26 rings (SSSR count). The molecule has 5 spiro atoms. The number of hydrogen-bond acceptors (Lipinski definition) is 13. The number of aliphatic hydroxyl groups excluding tert-OH is 1. The van der Waals surface area contributed by atoms with Gasteiger partial charge in [0.15, 0.2) is 23.1 Å². The second-order valence-corrected chi connectivity index (χ2v) is 43.8. The smallest absolute Gasteiger partial charge is 0.306 e. The van der Waals surface area contributed by atoms with Gasteiger partial charge in [-0.05, 0) is 345 Å². The number of ketones is 4. The topological polar surface area (TPSA) is 194 Å². The van der Waals surface area contributed by atoms with Crippen molar-refractivity contribution in [3.05, 3.63) is 58.7 Å². The van der Waals surface area contributed by atoms with E-state index in [2.05, 4.69) is 46.4 Å². The van der Waals surface area contributed by atoms with Crippen LogP contribution in [0, 0.1) is 187 Å². The highest BCUT2D eigenvalue weighted by atomic mass is 16.6. The minimum Gasteiger partial charge on any atom is -0.458 e. The minimum absolute atomic E-state index is 0.0116. The maximum absolute atomic E-state index is 12.2. The Balaban J connectivity index is 0.0000000870. The predicted octanol–water partition coefficient (Wildman–Crippen LogP) is 16.7. The van der Waals surface area contributed by atoms with E-state index in [1.807, 2.05) is 12.2 Å². The molecule has 0 amide bonds. The molecule has 22 unspecified atom stereocenters. The van der Waals surface area contributed by atoms with E-state index in [-0.39, 0.29) is 92.0 Å². The standard InChI is InChI=1S/C25H32O3.C24H30O3.C23H30O4.C23H28O3/c1-24-8-6-17-16-5-4-15(26)10-14(16)11-18(13-2-3-13)22(17)23(24)19-12-20(19)25(24)9-7-21(27)28-25;1-22-6-4-14-15-3-2-13(25)10-18(15)23(8-9-23)12-17(14)21(22)16-11-19(16)24(22)7-5-20(26)27-24;1-22-6-4-15-14-3-2-13(25)9-16(14)12(11-24)8-17(15)21(22)18-10-19(18)23(22)7-5-20(26)27-23;1-12-9-17-15(14-4-3-13(24)10-16(12)14)5-7-22(2)21(17)18-11-19(18)23(22)8-6-20(25)26-23/h10,13,16-20,22-23H,2-9,11-12H2,1H3;10,14-17,19,21H,2-9,11-12H2,1H3;9,12,14-15,17-19,21,24H,2-8,10-11H2,1H3;10,14-15,17-19,21H,1,3-9,11H2,2H3/t16-,17?,18?,19?,20?,22?,23?,24-,25-;14?,15-,16?,17?,19?,21?,22+,24+;12?,14-,15?,17?,18?,19?,21?,22+,23+;14-,15?,17?,18?,19?,21?,22+,23+/m0111/s1. The summed E-state index contributed by atoms with van der Waals surface area (Å²) in [5.74, 6) is 19.9. The van der Waals surface area contributed by atoms with Gasteiger partial charge in [0.1, 0.15) is 22.4 Å². The van der Waals surface area contributed by atoms with Crippen LogP contribution in [0.3, 0.4) is 0 Å². The Morgan fingerprint density at radius 2 is 0.806 bits per heavy atom. The van der Waals surface area contributed by atoms with Crippen molar-refractivity contribution in [3.63, 3.8) is 0 Å². The van der Waals surface area contributed by atoms with Crippen LogP contribution in [0.25, 0.3) is 0 Å². The third-order valence-electron chi connectivity index (χ3n) is 40.6. The Bertz CT molecular complexity index is 4200. The van der Waals surface area contributed by atoms with Gasteiger partial charge in [0.2, 0.25) is 0 Å². The minimum atomic E-state index is -0.197. The molecule has 0 radical (unpaired) electrons. The number of hydrogen-bond donors (Lipinski definition) is 1. The maximum Gasteiger partial charge on any atom is 0.306 e. The zero-order valence-electron chi connectivity index (χ0n) is 65.1. The highest BCUT2D eigenvalue weighted by Gasteiger charge is 2.84. The molecule has 4 saturated heterocycles. The lowest BCUT2D eigenvalue weighted by atomic mass is 9.46. The number of carbonyl (C=O) groups is 8.